The lowest BCUT2D eigenvalue weighted by Crippen LogP contribution is -2.37. The topological polar surface area (TPSA) is 64.3 Å². The van der Waals surface area contributed by atoms with Gasteiger partial charge in [-0.15, -0.1) is 21.5 Å². The minimum atomic E-state index is 0.0523. The van der Waals surface area contributed by atoms with Crippen molar-refractivity contribution in [3.63, 3.8) is 0 Å². The van der Waals surface area contributed by atoms with Gasteiger partial charge < -0.3 is 9.15 Å². The van der Waals surface area contributed by atoms with E-state index < -0.39 is 0 Å². The van der Waals surface area contributed by atoms with Crippen LogP contribution < -0.4 is 0 Å². The van der Waals surface area contributed by atoms with E-state index >= 15 is 0 Å². The molecule has 1 aliphatic rings. The molecular weight excluding hydrogens is 264 g/mol. The molecule has 1 fully saturated rings. The van der Waals surface area contributed by atoms with E-state index in [0.29, 0.717) is 24.9 Å². The number of morpholine rings is 1. The molecule has 7 heteroatoms. The van der Waals surface area contributed by atoms with E-state index in [0.717, 1.165) is 23.8 Å². The lowest BCUT2D eigenvalue weighted by Gasteiger charge is -2.30. The van der Waals surface area contributed by atoms with Crippen molar-refractivity contribution < 1.29 is 9.15 Å². The van der Waals surface area contributed by atoms with Crippen molar-refractivity contribution in [2.24, 2.45) is 0 Å². The van der Waals surface area contributed by atoms with Crippen molar-refractivity contribution >= 4 is 11.3 Å². The molecule has 6 nitrogen and oxygen atoms in total. The van der Waals surface area contributed by atoms with Crippen LogP contribution in [0.3, 0.4) is 0 Å². The number of rotatable bonds is 3. The molecule has 1 saturated heterocycles. The highest BCUT2D eigenvalue weighted by atomic mass is 32.1. The molecule has 0 saturated carbocycles. The Kier molecular flexibility index (Phi) is 3.58. The second-order valence-corrected chi connectivity index (χ2v) is 5.53. The van der Waals surface area contributed by atoms with E-state index in [1.54, 1.807) is 18.3 Å². The fourth-order valence-electron chi connectivity index (χ4n) is 2.11. The molecule has 1 atom stereocenters. The maximum atomic E-state index is 5.79. The molecule has 102 valence electrons. The van der Waals surface area contributed by atoms with Crippen molar-refractivity contribution in [1.29, 1.82) is 0 Å². The zero-order chi connectivity index (χ0) is 13.2. The molecule has 2 aromatic heterocycles. The van der Waals surface area contributed by atoms with Crippen LogP contribution in [0.4, 0.5) is 0 Å². The van der Waals surface area contributed by atoms with Gasteiger partial charge in [-0.25, -0.2) is 4.98 Å². The van der Waals surface area contributed by atoms with Gasteiger partial charge in [0.15, 0.2) is 0 Å². The molecule has 0 aliphatic carbocycles. The molecular formula is C12H16N4O2S. The number of aryl methyl sites for hydroxylation is 2. The molecule has 0 spiro atoms. The highest BCUT2D eigenvalue weighted by molar-refractivity contribution is 7.09. The largest absolute Gasteiger partial charge is 0.424 e. The van der Waals surface area contributed by atoms with Crippen molar-refractivity contribution in [3.8, 4) is 0 Å². The summed E-state index contributed by atoms with van der Waals surface area (Å²) in [6, 6.07) is 0. The van der Waals surface area contributed by atoms with Crippen LogP contribution in [-0.2, 0) is 11.3 Å². The van der Waals surface area contributed by atoms with Crippen LogP contribution in [0.5, 0.6) is 0 Å². The molecule has 0 N–H and O–H groups in total. The number of hydrogen-bond acceptors (Lipinski definition) is 7. The van der Waals surface area contributed by atoms with Crippen LogP contribution in [-0.4, -0.2) is 39.8 Å². The third-order valence-electron chi connectivity index (χ3n) is 2.99. The highest BCUT2D eigenvalue weighted by Gasteiger charge is 2.25. The molecule has 19 heavy (non-hydrogen) atoms. The third-order valence-corrected chi connectivity index (χ3v) is 4.04. The summed E-state index contributed by atoms with van der Waals surface area (Å²) < 4.78 is 11.2. The first kappa shape index (κ1) is 12.7. The first-order valence-electron chi connectivity index (χ1n) is 6.25. The molecule has 0 bridgehead atoms. The van der Waals surface area contributed by atoms with Gasteiger partial charge in [0, 0.05) is 31.1 Å². The van der Waals surface area contributed by atoms with Crippen molar-refractivity contribution in [2.45, 2.75) is 26.5 Å². The van der Waals surface area contributed by atoms with Crippen LogP contribution >= 0.6 is 11.3 Å². The summed E-state index contributed by atoms with van der Waals surface area (Å²) in [6.07, 6.45) is 0.0523. The van der Waals surface area contributed by atoms with Crippen LogP contribution in [0.15, 0.2) is 9.80 Å². The van der Waals surface area contributed by atoms with Gasteiger partial charge in [-0.3, -0.25) is 4.90 Å². The first-order chi connectivity index (χ1) is 9.20. The molecule has 3 heterocycles. The summed E-state index contributed by atoms with van der Waals surface area (Å²) in [4.78, 5) is 6.76. The van der Waals surface area contributed by atoms with Gasteiger partial charge in [0.1, 0.15) is 11.1 Å². The van der Waals surface area contributed by atoms with Gasteiger partial charge in [-0.05, 0) is 6.92 Å². The quantitative estimate of drug-likeness (QED) is 0.853. The van der Waals surface area contributed by atoms with Gasteiger partial charge in [-0.1, -0.05) is 0 Å². The number of hydrogen-bond donors (Lipinski definition) is 0. The average Bonchev–Trinajstić information content (AvgIpc) is 2.99. The second-order valence-electron chi connectivity index (χ2n) is 4.64. The van der Waals surface area contributed by atoms with Gasteiger partial charge >= 0.3 is 0 Å². The van der Waals surface area contributed by atoms with Crippen molar-refractivity contribution in [2.75, 3.05) is 19.7 Å². The van der Waals surface area contributed by atoms with Gasteiger partial charge in [-0.2, -0.15) is 0 Å². The zero-order valence-corrected chi connectivity index (χ0v) is 11.8. The summed E-state index contributed by atoms with van der Waals surface area (Å²) in [6.45, 7) is 6.87. The van der Waals surface area contributed by atoms with Crippen LogP contribution in [0, 0.1) is 13.8 Å². The van der Waals surface area contributed by atoms with Crippen LogP contribution in [0.25, 0.3) is 0 Å². The van der Waals surface area contributed by atoms with E-state index in [-0.39, 0.29) is 6.10 Å². The van der Waals surface area contributed by atoms with Crippen LogP contribution in [0.2, 0.25) is 0 Å². The number of thiazole rings is 1. The SMILES string of the molecule is Cc1csc([C@H]2CN(Cc3nnc(C)o3)CCO2)n1. The highest BCUT2D eigenvalue weighted by Crippen LogP contribution is 2.25. The predicted molar refractivity (Wildman–Crippen MR) is 69.9 cm³/mol. The molecule has 0 radical (unpaired) electrons. The van der Waals surface area contributed by atoms with E-state index in [2.05, 4.69) is 25.5 Å². The number of ether oxygens (including phenoxy) is 1. The Morgan fingerprint density at radius 2 is 2.32 bits per heavy atom. The fourth-order valence-corrected chi connectivity index (χ4v) is 2.94. The Balaban J connectivity index is 1.64. The third kappa shape index (κ3) is 2.99. The monoisotopic (exact) mass is 280 g/mol. The lowest BCUT2D eigenvalue weighted by molar-refractivity contribution is -0.0353. The average molecular weight is 280 g/mol. The maximum Gasteiger partial charge on any atom is 0.230 e. The Labute approximate surface area is 115 Å². The first-order valence-corrected chi connectivity index (χ1v) is 7.13. The summed E-state index contributed by atoms with van der Waals surface area (Å²) in [5.41, 5.74) is 1.05. The van der Waals surface area contributed by atoms with Gasteiger partial charge in [0.2, 0.25) is 11.8 Å². The Hall–Kier alpha value is -1.31. The number of nitrogens with zero attached hydrogens (tertiary/aromatic N) is 4. The summed E-state index contributed by atoms with van der Waals surface area (Å²) in [5.74, 6) is 1.27. The molecule has 3 rings (SSSR count). The summed E-state index contributed by atoms with van der Waals surface area (Å²) in [5, 5.41) is 11.0. The molecule has 0 amide bonds. The molecule has 0 unspecified atom stereocenters. The van der Waals surface area contributed by atoms with Gasteiger partial charge in [0.05, 0.1) is 13.2 Å². The summed E-state index contributed by atoms with van der Waals surface area (Å²) >= 11 is 1.65. The molecule has 0 aromatic carbocycles. The summed E-state index contributed by atoms with van der Waals surface area (Å²) in [7, 11) is 0. The maximum absolute atomic E-state index is 5.79. The zero-order valence-electron chi connectivity index (χ0n) is 11.0. The minimum Gasteiger partial charge on any atom is -0.424 e. The fraction of sp³-hybridized carbons (Fsp3) is 0.583. The van der Waals surface area contributed by atoms with Crippen molar-refractivity contribution in [1.82, 2.24) is 20.1 Å². The molecule has 2 aromatic rings. The Morgan fingerprint density at radius 3 is 3.00 bits per heavy atom. The smallest absolute Gasteiger partial charge is 0.230 e. The van der Waals surface area contributed by atoms with E-state index in [9.17, 15) is 0 Å². The molecule has 1 aliphatic heterocycles. The van der Waals surface area contributed by atoms with Crippen LogP contribution in [0.1, 0.15) is 28.6 Å². The second kappa shape index (κ2) is 5.36. The van der Waals surface area contributed by atoms with E-state index in [4.69, 9.17) is 9.15 Å². The van der Waals surface area contributed by atoms with E-state index in [1.807, 2.05) is 6.92 Å². The standard InChI is InChI=1S/C12H16N4O2S/c1-8-7-19-12(13-8)10-5-16(3-4-17-10)6-11-15-14-9(2)18-11/h7,10H,3-6H2,1-2H3/t10-/m1/s1. The van der Waals surface area contributed by atoms with Crippen molar-refractivity contribution in [3.05, 3.63) is 27.9 Å². The predicted octanol–water partition coefficient (Wildman–Crippen LogP) is 1.72. The minimum absolute atomic E-state index is 0.0523. The number of aromatic nitrogens is 3. The Morgan fingerprint density at radius 1 is 1.42 bits per heavy atom. The lowest BCUT2D eigenvalue weighted by atomic mass is 10.3. The van der Waals surface area contributed by atoms with Gasteiger partial charge in [0.25, 0.3) is 0 Å². The normalized spacial score (nSPS) is 20.8. The van der Waals surface area contributed by atoms with E-state index in [1.165, 1.54) is 0 Å². The Bertz CT molecular complexity index is 553.